The van der Waals surface area contributed by atoms with Gasteiger partial charge >= 0.3 is 28.2 Å². The Kier molecular flexibility index (Phi) is 7.39. The number of hydrogen-bond acceptors (Lipinski definition) is 8. The van der Waals surface area contributed by atoms with Crippen molar-refractivity contribution in [1.82, 2.24) is 4.31 Å². The van der Waals surface area contributed by atoms with Crippen molar-refractivity contribution in [3.05, 3.63) is 93.9 Å². The molecule has 2 aliphatic rings. The number of nitriles is 1. The molecule has 0 fully saturated rings. The number of nitrogens with zero attached hydrogens (tertiary/aromatic N) is 3. The lowest BCUT2D eigenvalue weighted by Gasteiger charge is -2.44. The summed E-state index contributed by atoms with van der Waals surface area (Å²) < 4.78 is 79.8. The summed E-state index contributed by atoms with van der Waals surface area (Å²) in [5.74, 6) is -1.55. The van der Waals surface area contributed by atoms with Gasteiger partial charge in [0.25, 0.3) is 0 Å². The van der Waals surface area contributed by atoms with Crippen molar-refractivity contribution in [3.8, 4) is 6.07 Å². The Morgan fingerprint density at radius 3 is 2.42 bits per heavy atom. The second kappa shape index (κ2) is 10.7. The third-order valence-electron chi connectivity index (χ3n) is 7.19. The molecule has 2 amide bonds. The van der Waals surface area contributed by atoms with Crippen LogP contribution in [0, 0.1) is 18.3 Å². The van der Waals surface area contributed by atoms with Crippen LogP contribution in [0.25, 0.3) is 0 Å². The minimum Gasteiger partial charge on any atom is -0.465 e. The van der Waals surface area contributed by atoms with Crippen LogP contribution in [0.2, 0.25) is 0 Å². The maximum absolute atomic E-state index is 14.3. The van der Waals surface area contributed by atoms with Crippen LogP contribution < -0.4 is 4.90 Å². The van der Waals surface area contributed by atoms with Crippen LogP contribution in [0.4, 0.5) is 23.7 Å². The molecule has 3 aromatic rings. The number of benzene rings is 2. The summed E-state index contributed by atoms with van der Waals surface area (Å²) in [4.78, 5) is 40.8. The first-order valence-electron chi connectivity index (χ1n) is 12.8. The number of rotatable bonds is 5. The van der Waals surface area contributed by atoms with Gasteiger partial charge in [-0.3, -0.25) is 9.69 Å². The highest BCUT2D eigenvalue weighted by atomic mass is 32.2. The first kappa shape index (κ1) is 29.6. The highest BCUT2D eigenvalue weighted by Gasteiger charge is 2.51. The van der Waals surface area contributed by atoms with Gasteiger partial charge in [0, 0.05) is 23.8 Å². The summed E-state index contributed by atoms with van der Waals surface area (Å²) in [6.07, 6.45) is -4.42. The van der Waals surface area contributed by atoms with Gasteiger partial charge in [-0.25, -0.2) is 13.9 Å². The number of methoxy groups -OCH3 is 1. The Balaban J connectivity index is 1.80. The standard InChI is InChI=1S/C29H22F3N3O7S/c1-16-21(27(37)41-2)14-24(42-16)43(39,40)35-26(18-11-9-17(15-33)10-12-18)25-22(7-4-8-23(25)36)34(28(35)38)20-6-3-5-19(13-20)29(30,31)32/h3,5-6,9-14,26H,4,7-8H2,1-2H3. The van der Waals surface area contributed by atoms with E-state index in [2.05, 4.69) is 4.74 Å². The number of alkyl halides is 3. The van der Waals surface area contributed by atoms with Gasteiger partial charge < -0.3 is 9.15 Å². The average Bonchev–Trinajstić information content (AvgIpc) is 3.38. The summed E-state index contributed by atoms with van der Waals surface area (Å²) >= 11 is 0. The Morgan fingerprint density at radius 2 is 1.79 bits per heavy atom. The first-order chi connectivity index (χ1) is 20.3. The van der Waals surface area contributed by atoms with E-state index in [-0.39, 0.29) is 58.7 Å². The van der Waals surface area contributed by atoms with E-state index < -0.39 is 50.7 Å². The van der Waals surface area contributed by atoms with E-state index >= 15 is 0 Å². The molecule has 222 valence electrons. The van der Waals surface area contributed by atoms with Crippen molar-refractivity contribution in [1.29, 1.82) is 5.26 Å². The van der Waals surface area contributed by atoms with Crippen LogP contribution in [-0.2, 0) is 25.7 Å². The third kappa shape index (κ3) is 5.05. The molecule has 1 aliphatic heterocycles. The molecule has 10 nitrogen and oxygen atoms in total. The number of Topliss-reactive ketones (excluding diaryl/α,β-unsaturated/α-hetero) is 1. The average molecular weight is 614 g/mol. The highest BCUT2D eigenvalue weighted by Crippen LogP contribution is 2.47. The van der Waals surface area contributed by atoms with Gasteiger partial charge in [0.1, 0.15) is 17.4 Å². The minimum absolute atomic E-state index is 0.00350. The smallest absolute Gasteiger partial charge is 0.416 e. The number of allylic oxidation sites excluding steroid dienone is 1. The van der Waals surface area contributed by atoms with Crippen LogP contribution in [0.5, 0.6) is 0 Å². The van der Waals surface area contributed by atoms with Crippen LogP contribution in [0.3, 0.4) is 0 Å². The Bertz CT molecular complexity index is 1840. The fraction of sp³-hybridized carbons (Fsp3) is 0.241. The van der Waals surface area contributed by atoms with Gasteiger partial charge in [-0.05, 0) is 55.7 Å². The summed E-state index contributed by atoms with van der Waals surface area (Å²) in [6, 6.07) is 9.29. The molecule has 0 bridgehead atoms. The maximum atomic E-state index is 14.3. The molecule has 0 N–H and O–H groups in total. The predicted molar refractivity (Wildman–Crippen MR) is 143 cm³/mol. The van der Waals surface area contributed by atoms with E-state index in [1.54, 1.807) is 0 Å². The third-order valence-corrected chi connectivity index (χ3v) is 8.78. The monoisotopic (exact) mass is 613 g/mol. The number of carbonyl (C=O) groups is 3. The number of aryl methyl sites for hydroxylation is 1. The van der Waals surface area contributed by atoms with Gasteiger partial charge in [0.15, 0.2) is 5.78 Å². The molecule has 5 rings (SSSR count). The fourth-order valence-corrected chi connectivity index (χ4v) is 6.68. The van der Waals surface area contributed by atoms with Crippen LogP contribution >= 0.6 is 0 Å². The zero-order valence-electron chi connectivity index (χ0n) is 22.6. The predicted octanol–water partition coefficient (Wildman–Crippen LogP) is 5.64. The molecule has 43 heavy (non-hydrogen) atoms. The molecular formula is C29H22F3N3O7S. The molecule has 1 aromatic heterocycles. The number of carbonyl (C=O) groups excluding carboxylic acids is 3. The number of halogens is 3. The molecule has 1 unspecified atom stereocenters. The largest absolute Gasteiger partial charge is 0.465 e. The van der Waals surface area contributed by atoms with E-state index in [4.69, 9.17) is 4.42 Å². The van der Waals surface area contributed by atoms with Gasteiger partial charge in [-0.1, -0.05) is 18.2 Å². The summed E-state index contributed by atoms with van der Waals surface area (Å²) in [6.45, 7) is 1.31. The fourth-order valence-electron chi connectivity index (χ4n) is 5.19. The summed E-state index contributed by atoms with van der Waals surface area (Å²) in [7, 11) is -3.95. The second-order valence-electron chi connectivity index (χ2n) is 9.77. The van der Waals surface area contributed by atoms with Gasteiger partial charge in [-0.15, -0.1) is 0 Å². The lowest BCUT2D eigenvalue weighted by atomic mass is 9.84. The summed E-state index contributed by atoms with van der Waals surface area (Å²) in [5.41, 5.74) is -1.29. The SMILES string of the molecule is COC(=O)c1cc(S(=O)(=O)N2C(=O)N(c3cccc(C(F)(F)F)c3)C3=C(C(=O)CCC3)C2c2ccc(C#N)cc2)oc1C. The van der Waals surface area contributed by atoms with E-state index in [1.807, 2.05) is 6.07 Å². The highest BCUT2D eigenvalue weighted by molar-refractivity contribution is 7.89. The Labute approximate surface area is 243 Å². The van der Waals surface area contributed by atoms with E-state index in [1.165, 1.54) is 37.3 Å². The second-order valence-corrected chi connectivity index (χ2v) is 11.5. The van der Waals surface area contributed by atoms with Crippen molar-refractivity contribution >= 4 is 33.5 Å². The van der Waals surface area contributed by atoms with E-state index in [0.717, 1.165) is 30.2 Å². The summed E-state index contributed by atoms with van der Waals surface area (Å²) in [5, 5.41) is 8.44. The molecule has 0 saturated heterocycles. The van der Waals surface area contributed by atoms with Gasteiger partial charge in [-0.2, -0.15) is 26.9 Å². The van der Waals surface area contributed by atoms with Crippen LogP contribution in [-0.4, -0.2) is 37.6 Å². The maximum Gasteiger partial charge on any atom is 0.416 e. The molecule has 1 aliphatic carbocycles. The molecule has 0 saturated carbocycles. The molecule has 14 heteroatoms. The van der Waals surface area contributed by atoms with Crippen LogP contribution in [0.1, 0.15) is 58.1 Å². The number of hydrogen-bond donors (Lipinski definition) is 0. The molecule has 2 aromatic carbocycles. The zero-order valence-corrected chi connectivity index (χ0v) is 23.5. The Hall–Kier alpha value is -4.90. The first-order valence-corrected chi connectivity index (χ1v) is 14.2. The Morgan fingerprint density at radius 1 is 1.09 bits per heavy atom. The number of amides is 2. The lowest BCUT2D eigenvalue weighted by Crippen LogP contribution is -2.54. The molecule has 1 atom stereocenters. The van der Waals surface area contributed by atoms with Crippen molar-refractivity contribution in [2.75, 3.05) is 12.0 Å². The van der Waals surface area contributed by atoms with E-state index in [9.17, 15) is 41.2 Å². The van der Waals surface area contributed by atoms with Gasteiger partial charge in [0.2, 0.25) is 5.09 Å². The van der Waals surface area contributed by atoms with E-state index in [0.29, 0.717) is 10.4 Å². The number of anilines is 1. The quantitative estimate of drug-likeness (QED) is 0.337. The number of urea groups is 1. The molecule has 2 heterocycles. The number of esters is 1. The van der Waals surface area contributed by atoms with Crippen molar-refractivity contribution < 1.29 is 45.1 Å². The molecule has 0 radical (unpaired) electrons. The van der Waals surface area contributed by atoms with Gasteiger partial charge in [0.05, 0.1) is 30.0 Å². The van der Waals surface area contributed by atoms with Crippen molar-refractivity contribution in [2.45, 2.75) is 43.5 Å². The number of ether oxygens (including phenoxy) is 1. The number of ketones is 1. The zero-order chi connectivity index (χ0) is 31.3. The van der Waals surface area contributed by atoms with Crippen molar-refractivity contribution in [2.24, 2.45) is 0 Å². The number of furan rings is 1. The minimum atomic E-state index is -5.03. The van der Waals surface area contributed by atoms with Crippen molar-refractivity contribution in [3.63, 3.8) is 0 Å². The molecule has 0 spiro atoms. The molecular weight excluding hydrogens is 591 g/mol. The topological polar surface area (TPSA) is 138 Å². The normalized spacial score (nSPS) is 17.5. The lowest BCUT2D eigenvalue weighted by molar-refractivity contribution is -0.137. The number of sulfonamides is 1. The van der Waals surface area contributed by atoms with Crippen LogP contribution in [0.15, 0.2) is 75.4 Å².